The van der Waals surface area contributed by atoms with Crippen LogP contribution < -0.4 is 10.1 Å². The second-order valence-corrected chi connectivity index (χ2v) is 8.18. The molecule has 0 atom stereocenters. The zero-order chi connectivity index (χ0) is 19.8. The number of nitrogens with one attached hydrogen (secondary N) is 1. The summed E-state index contributed by atoms with van der Waals surface area (Å²) in [5, 5.41) is 6.90. The van der Waals surface area contributed by atoms with Gasteiger partial charge in [-0.1, -0.05) is 59.7 Å². The van der Waals surface area contributed by atoms with Gasteiger partial charge in [0.2, 0.25) is 0 Å². The number of fused-ring (bicyclic) bond motifs is 4. The van der Waals surface area contributed by atoms with Crippen LogP contribution in [-0.4, -0.2) is 7.11 Å². The van der Waals surface area contributed by atoms with Crippen molar-refractivity contribution < 1.29 is 4.74 Å². The largest absolute Gasteiger partial charge is 0.495 e. The number of ether oxygens (including phenoxy) is 1. The van der Waals surface area contributed by atoms with Crippen LogP contribution in [-0.2, 0) is 13.0 Å². The third-order valence-corrected chi connectivity index (χ3v) is 6.41. The van der Waals surface area contributed by atoms with Crippen LogP contribution in [0.2, 0.25) is 5.02 Å². The van der Waals surface area contributed by atoms with Crippen molar-refractivity contribution in [2.75, 3.05) is 12.4 Å². The molecule has 0 spiro atoms. The van der Waals surface area contributed by atoms with Crippen LogP contribution in [0.25, 0.3) is 16.3 Å². The van der Waals surface area contributed by atoms with Gasteiger partial charge >= 0.3 is 0 Å². The molecule has 0 unspecified atom stereocenters. The normalized spacial score (nSPS) is 15.2. The number of benzene rings is 3. The van der Waals surface area contributed by atoms with Crippen molar-refractivity contribution >= 4 is 33.6 Å². The molecular weight excluding hydrogens is 378 g/mol. The summed E-state index contributed by atoms with van der Waals surface area (Å²) >= 11 is 6.28. The Labute approximate surface area is 176 Å². The van der Waals surface area contributed by atoms with Crippen LogP contribution in [0.15, 0.2) is 66.3 Å². The number of hydrogen-bond donors (Lipinski definition) is 1. The van der Waals surface area contributed by atoms with Gasteiger partial charge in [-0.3, -0.25) is 0 Å². The Hall–Kier alpha value is -2.71. The summed E-state index contributed by atoms with van der Waals surface area (Å²) in [4.78, 5) is 0. The number of aryl methyl sites for hydroxylation is 1. The molecule has 3 aromatic rings. The molecule has 0 heterocycles. The fourth-order valence-electron chi connectivity index (χ4n) is 4.64. The van der Waals surface area contributed by atoms with Crippen molar-refractivity contribution in [2.24, 2.45) is 0 Å². The maximum atomic E-state index is 6.28. The van der Waals surface area contributed by atoms with Gasteiger partial charge in [-0.25, -0.2) is 0 Å². The third kappa shape index (κ3) is 3.32. The molecule has 2 nitrogen and oxygen atoms in total. The third-order valence-electron chi connectivity index (χ3n) is 6.12. The molecule has 0 amide bonds. The Balaban J connectivity index is 1.48. The van der Waals surface area contributed by atoms with Gasteiger partial charge in [0.25, 0.3) is 0 Å². The van der Waals surface area contributed by atoms with E-state index in [-0.39, 0.29) is 0 Å². The maximum Gasteiger partial charge on any atom is 0.137 e. The lowest BCUT2D eigenvalue weighted by Gasteiger charge is -2.26. The molecule has 0 bridgehead atoms. The molecule has 0 fully saturated rings. The van der Waals surface area contributed by atoms with Crippen molar-refractivity contribution in [3.05, 3.63) is 88.0 Å². The first-order chi connectivity index (χ1) is 14.2. The van der Waals surface area contributed by atoms with Crippen molar-refractivity contribution in [1.82, 2.24) is 0 Å². The summed E-state index contributed by atoms with van der Waals surface area (Å²) in [6.45, 7) is 0.720. The lowest BCUT2D eigenvalue weighted by molar-refractivity contribution is 0.415. The number of allylic oxidation sites excluding steroid dienone is 4. The number of methoxy groups -OCH3 is 1. The lowest BCUT2D eigenvalue weighted by atomic mass is 9.79. The van der Waals surface area contributed by atoms with E-state index >= 15 is 0 Å². The van der Waals surface area contributed by atoms with Crippen LogP contribution in [0.4, 0.5) is 5.69 Å². The summed E-state index contributed by atoms with van der Waals surface area (Å²) in [7, 11) is 1.64. The standard InChI is InChI=1S/C26H24ClNO/c1-29-26-14-9-17(15-24(26)27)16-28-25-8-4-7-20-22-11-10-18-5-2-3-6-19(18)21(22)12-13-23(20)25/h3-4,6-9,12-15,28H,2,5,10-11,16H2,1H3. The Bertz CT molecular complexity index is 1160. The Kier molecular flexibility index (Phi) is 4.81. The van der Waals surface area contributed by atoms with Crippen LogP contribution in [0.1, 0.15) is 36.0 Å². The summed E-state index contributed by atoms with van der Waals surface area (Å²) < 4.78 is 5.25. The van der Waals surface area contributed by atoms with E-state index in [4.69, 9.17) is 16.3 Å². The molecule has 3 heteroatoms. The molecule has 2 aliphatic rings. The molecule has 0 saturated carbocycles. The SMILES string of the molecule is COc1ccc(CNc2cccc3c4c(ccc23)C2=C(CCC=C2)CC4)cc1Cl. The number of hydrogen-bond acceptors (Lipinski definition) is 2. The number of halogens is 1. The molecule has 29 heavy (non-hydrogen) atoms. The van der Waals surface area contributed by atoms with Crippen LogP contribution in [0, 0.1) is 0 Å². The van der Waals surface area contributed by atoms with E-state index < -0.39 is 0 Å². The molecule has 5 rings (SSSR count). The first-order valence-electron chi connectivity index (χ1n) is 10.2. The first kappa shape index (κ1) is 18.3. The lowest BCUT2D eigenvalue weighted by Crippen LogP contribution is -2.07. The molecule has 1 N–H and O–H groups in total. The fourth-order valence-corrected chi connectivity index (χ4v) is 4.92. The highest BCUT2D eigenvalue weighted by atomic mass is 35.5. The average Bonchev–Trinajstić information content (AvgIpc) is 2.77. The molecule has 146 valence electrons. The van der Waals surface area contributed by atoms with Gasteiger partial charge in [0.05, 0.1) is 12.1 Å². The van der Waals surface area contributed by atoms with E-state index in [0.29, 0.717) is 10.8 Å². The number of anilines is 1. The first-order valence-corrected chi connectivity index (χ1v) is 10.6. The molecular formula is C26H24ClNO. The van der Waals surface area contributed by atoms with E-state index in [1.54, 1.807) is 12.7 Å². The van der Waals surface area contributed by atoms with Crippen molar-refractivity contribution in [3.63, 3.8) is 0 Å². The van der Waals surface area contributed by atoms with Gasteiger partial charge in [-0.05, 0) is 71.5 Å². The fraction of sp³-hybridized carbons (Fsp3) is 0.231. The minimum atomic E-state index is 0.642. The van der Waals surface area contributed by atoms with E-state index in [9.17, 15) is 0 Å². The molecule has 0 aromatic heterocycles. The van der Waals surface area contributed by atoms with Gasteiger partial charge in [0.1, 0.15) is 5.75 Å². The van der Waals surface area contributed by atoms with Crippen LogP contribution >= 0.6 is 11.6 Å². The second-order valence-electron chi connectivity index (χ2n) is 7.77. The summed E-state index contributed by atoms with van der Waals surface area (Å²) in [5.41, 5.74) is 8.30. The summed E-state index contributed by atoms with van der Waals surface area (Å²) in [6.07, 6.45) is 9.37. The molecule has 2 aliphatic carbocycles. The highest BCUT2D eigenvalue weighted by Crippen LogP contribution is 2.41. The van der Waals surface area contributed by atoms with Crippen LogP contribution in [0.3, 0.4) is 0 Å². The average molecular weight is 402 g/mol. The van der Waals surface area contributed by atoms with Crippen molar-refractivity contribution in [2.45, 2.75) is 32.2 Å². The van der Waals surface area contributed by atoms with Gasteiger partial charge in [-0.15, -0.1) is 0 Å². The molecule has 3 aromatic carbocycles. The van der Waals surface area contributed by atoms with Gasteiger partial charge in [0, 0.05) is 17.6 Å². The zero-order valence-electron chi connectivity index (χ0n) is 16.6. The smallest absolute Gasteiger partial charge is 0.137 e. The Morgan fingerprint density at radius 2 is 1.93 bits per heavy atom. The highest BCUT2D eigenvalue weighted by molar-refractivity contribution is 6.32. The molecule has 0 radical (unpaired) electrons. The summed E-state index contributed by atoms with van der Waals surface area (Å²) in [5.74, 6) is 0.706. The van der Waals surface area contributed by atoms with E-state index in [0.717, 1.165) is 24.2 Å². The van der Waals surface area contributed by atoms with Gasteiger partial charge in [-0.2, -0.15) is 0 Å². The Morgan fingerprint density at radius 3 is 2.79 bits per heavy atom. The van der Waals surface area contributed by atoms with Crippen molar-refractivity contribution in [3.8, 4) is 5.75 Å². The monoisotopic (exact) mass is 401 g/mol. The second kappa shape index (κ2) is 7.61. The Morgan fingerprint density at radius 1 is 1.00 bits per heavy atom. The zero-order valence-corrected chi connectivity index (χ0v) is 17.4. The highest BCUT2D eigenvalue weighted by Gasteiger charge is 2.21. The van der Waals surface area contributed by atoms with Gasteiger partial charge < -0.3 is 10.1 Å². The van der Waals surface area contributed by atoms with E-state index in [2.05, 4.69) is 47.8 Å². The van der Waals surface area contributed by atoms with Crippen molar-refractivity contribution in [1.29, 1.82) is 0 Å². The van der Waals surface area contributed by atoms with E-state index in [1.165, 1.54) is 46.7 Å². The van der Waals surface area contributed by atoms with Crippen LogP contribution in [0.5, 0.6) is 5.75 Å². The number of rotatable bonds is 4. The predicted octanol–water partition coefficient (Wildman–Crippen LogP) is 7.16. The topological polar surface area (TPSA) is 21.3 Å². The maximum absolute atomic E-state index is 6.28. The molecule has 0 saturated heterocycles. The van der Waals surface area contributed by atoms with E-state index in [1.807, 2.05) is 18.2 Å². The summed E-state index contributed by atoms with van der Waals surface area (Å²) in [6, 6.07) is 17.1. The minimum Gasteiger partial charge on any atom is -0.495 e. The van der Waals surface area contributed by atoms with Gasteiger partial charge in [0.15, 0.2) is 0 Å². The minimum absolute atomic E-state index is 0.642. The predicted molar refractivity (Wildman–Crippen MR) is 123 cm³/mol. The quantitative estimate of drug-likeness (QED) is 0.500. The molecule has 0 aliphatic heterocycles.